The van der Waals surface area contributed by atoms with Crippen LogP contribution in [-0.4, -0.2) is 17.6 Å². The van der Waals surface area contributed by atoms with Crippen molar-refractivity contribution in [1.82, 2.24) is 5.32 Å². The highest BCUT2D eigenvalue weighted by Crippen LogP contribution is 2.30. The van der Waals surface area contributed by atoms with Gasteiger partial charge < -0.3 is 15.2 Å². The molecule has 2 unspecified atom stereocenters. The van der Waals surface area contributed by atoms with Gasteiger partial charge in [0.1, 0.15) is 12.4 Å². The molecule has 1 heterocycles. The second-order valence-electron chi connectivity index (χ2n) is 6.03. The zero-order valence-electron chi connectivity index (χ0n) is 13.2. The molecule has 2 atom stereocenters. The number of carbonyl (C=O) groups is 1. The fourth-order valence-corrected chi connectivity index (χ4v) is 2.96. The number of hydrogen-bond donors (Lipinski definition) is 2. The molecule has 23 heavy (non-hydrogen) atoms. The number of rotatable bonds is 5. The molecule has 2 aromatic carbocycles. The first kappa shape index (κ1) is 15.6. The molecule has 120 valence electrons. The number of carboxylic acid groups (broad SMARTS) is 1. The number of benzene rings is 2. The SMILES string of the molecule is Cc1cc(C2CC(C(=O)O)CN2)ccc1OCc1ccccc1. The van der Waals surface area contributed by atoms with E-state index in [1.54, 1.807) is 0 Å². The van der Waals surface area contributed by atoms with Crippen molar-refractivity contribution in [1.29, 1.82) is 0 Å². The van der Waals surface area contributed by atoms with Crippen LogP contribution in [0.2, 0.25) is 0 Å². The predicted octanol–water partition coefficient (Wildman–Crippen LogP) is 3.31. The second kappa shape index (κ2) is 6.84. The summed E-state index contributed by atoms with van der Waals surface area (Å²) >= 11 is 0. The van der Waals surface area contributed by atoms with Gasteiger partial charge in [-0.25, -0.2) is 0 Å². The maximum atomic E-state index is 11.1. The Balaban J connectivity index is 1.65. The first-order valence-electron chi connectivity index (χ1n) is 7.87. The Morgan fingerprint density at radius 3 is 2.70 bits per heavy atom. The van der Waals surface area contributed by atoms with Crippen molar-refractivity contribution in [2.45, 2.75) is 26.0 Å². The van der Waals surface area contributed by atoms with Gasteiger partial charge in [-0.3, -0.25) is 4.79 Å². The van der Waals surface area contributed by atoms with E-state index in [9.17, 15) is 4.79 Å². The van der Waals surface area contributed by atoms with E-state index in [1.165, 1.54) is 0 Å². The molecule has 0 spiro atoms. The molecule has 0 aromatic heterocycles. The predicted molar refractivity (Wildman–Crippen MR) is 88.4 cm³/mol. The quantitative estimate of drug-likeness (QED) is 0.889. The van der Waals surface area contributed by atoms with Crippen LogP contribution in [0.4, 0.5) is 0 Å². The number of hydrogen-bond acceptors (Lipinski definition) is 3. The highest BCUT2D eigenvalue weighted by molar-refractivity contribution is 5.70. The molecule has 2 aromatic rings. The average Bonchev–Trinajstić information content (AvgIpc) is 3.05. The van der Waals surface area contributed by atoms with Gasteiger partial charge in [0.15, 0.2) is 0 Å². The molecule has 1 aliphatic rings. The van der Waals surface area contributed by atoms with E-state index in [1.807, 2.05) is 49.4 Å². The molecular formula is C19H21NO3. The molecule has 3 rings (SSSR count). The standard InChI is InChI=1S/C19H21NO3/c1-13-9-15(17-10-16(11-20-17)19(21)22)7-8-18(13)23-12-14-5-3-2-4-6-14/h2-9,16-17,20H,10-12H2,1H3,(H,21,22). The lowest BCUT2D eigenvalue weighted by Gasteiger charge is -2.14. The van der Waals surface area contributed by atoms with Crippen LogP contribution in [0.3, 0.4) is 0 Å². The second-order valence-corrected chi connectivity index (χ2v) is 6.03. The molecular weight excluding hydrogens is 290 g/mol. The zero-order valence-corrected chi connectivity index (χ0v) is 13.2. The van der Waals surface area contributed by atoms with Gasteiger partial charge in [-0.05, 0) is 36.1 Å². The molecule has 1 aliphatic heterocycles. The van der Waals surface area contributed by atoms with Gasteiger partial charge in [-0.1, -0.05) is 42.5 Å². The van der Waals surface area contributed by atoms with E-state index in [-0.39, 0.29) is 12.0 Å². The van der Waals surface area contributed by atoms with Gasteiger partial charge in [0.05, 0.1) is 5.92 Å². The van der Waals surface area contributed by atoms with Crippen LogP contribution < -0.4 is 10.1 Å². The Hall–Kier alpha value is -2.33. The van der Waals surface area contributed by atoms with E-state index >= 15 is 0 Å². The largest absolute Gasteiger partial charge is 0.489 e. The Bertz CT molecular complexity index is 684. The third-order valence-corrected chi connectivity index (χ3v) is 4.32. The fraction of sp³-hybridized carbons (Fsp3) is 0.316. The molecule has 1 fully saturated rings. The Morgan fingerprint density at radius 2 is 2.04 bits per heavy atom. The summed E-state index contributed by atoms with van der Waals surface area (Å²) in [5, 5.41) is 12.4. The van der Waals surface area contributed by atoms with Crippen LogP contribution in [0.15, 0.2) is 48.5 Å². The molecule has 0 saturated carbocycles. The third-order valence-electron chi connectivity index (χ3n) is 4.32. The topological polar surface area (TPSA) is 58.6 Å². The molecule has 0 bridgehead atoms. The molecule has 0 amide bonds. The summed E-state index contributed by atoms with van der Waals surface area (Å²) in [5.41, 5.74) is 3.33. The highest BCUT2D eigenvalue weighted by Gasteiger charge is 2.30. The van der Waals surface area contributed by atoms with Crippen LogP contribution in [0.1, 0.15) is 29.2 Å². The summed E-state index contributed by atoms with van der Waals surface area (Å²) in [6.45, 7) is 3.10. The minimum absolute atomic E-state index is 0.109. The lowest BCUT2D eigenvalue weighted by molar-refractivity contribution is -0.141. The lowest BCUT2D eigenvalue weighted by Crippen LogP contribution is -2.17. The zero-order chi connectivity index (χ0) is 16.2. The monoisotopic (exact) mass is 311 g/mol. The smallest absolute Gasteiger partial charge is 0.307 e. The number of aryl methyl sites for hydroxylation is 1. The summed E-state index contributed by atoms with van der Waals surface area (Å²) in [5.74, 6) is -0.153. The van der Waals surface area contributed by atoms with Crippen molar-refractivity contribution in [3.05, 3.63) is 65.2 Å². The minimum atomic E-state index is -0.723. The van der Waals surface area contributed by atoms with Gasteiger partial charge >= 0.3 is 5.97 Å². The van der Waals surface area contributed by atoms with Crippen LogP contribution in [0.5, 0.6) is 5.75 Å². The molecule has 2 N–H and O–H groups in total. The van der Waals surface area contributed by atoms with Crippen molar-refractivity contribution in [3.63, 3.8) is 0 Å². The maximum absolute atomic E-state index is 11.1. The van der Waals surface area contributed by atoms with Gasteiger partial charge in [-0.2, -0.15) is 0 Å². The Labute approximate surface area is 136 Å². The lowest BCUT2D eigenvalue weighted by atomic mass is 9.98. The first-order valence-corrected chi connectivity index (χ1v) is 7.87. The summed E-state index contributed by atoms with van der Waals surface area (Å²) in [6, 6.07) is 16.3. The van der Waals surface area contributed by atoms with Crippen LogP contribution in [-0.2, 0) is 11.4 Å². The minimum Gasteiger partial charge on any atom is -0.489 e. The van der Waals surface area contributed by atoms with Gasteiger partial charge in [0.25, 0.3) is 0 Å². The van der Waals surface area contributed by atoms with Crippen LogP contribution >= 0.6 is 0 Å². The summed E-state index contributed by atoms with van der Waals surface area (Å²) in [4.78, 5) is 11.1. The van der Waals surface area contributed by atoms with E-state index in [0.29, 0.717) is 19.6 Å². The van der Waals surface area contributed by atoms with Crippen LogP contribution in [0.25, 0.3) is 0 Å². The summed E-state index contributed by atoms with van der Waals surface area (Å²) < 4.78 is 5.89. The van der Waals surface area contributed by atoms with E-state index in [4.69, 9.17) is 9.84 Å². The van der Waals surface area contributed by atoms with E-state index < -0.39 is 5.97 Å². The van der Waals surface area contributed by atoms with Gasteiger partial charge in [0, 0.05) is 12.6 Å². The van der Waals surface area contributed by atoms with Crippen molar-refractivity contribution in [2.75, 3.05) is 6.54 Å². The van der Waals surface area contributed by atoms with E-state index in [2.05, 4.69) is 11.4 Å². The number of carboxylic acids is 1. The normalized spacial score (nSPS) is 20.4. The molecule has 0 aliphatic carbocycles. The fourth-order valence-electron chi connectivity index (χ4n) is 2.96. The molecule has 4 heteroatoms. The molecule has 4 nitrogen and oxygen atoms in total. The first-order chi connectivity index (χ1) is 11.1. The van der Waals surface area contributed by atoms with Crippen LogP contribution in [0, 0.1) is 12.8 Å². The molecule has 0 radical (unpaired) electrons. The maximum Gasteiger partial charge on any atom is 0.307 e. The summed E-state index contributed by atoms with van der Waals surface area (Å²) in [6.07, 6.45) is 0.638. The van der Waals surface area contributed by atoms with Crippen molar-refractivity contribution in [2.24, 2.45) is 5.92 Å². The van der Waals surface area contributed by atoms with Crippen molar-refractivity contribution >= 4 is 5.97 Å². The summed E-state index contributed by atoms with van der Waals surface area (Å²) in [7, 11) is 0. The molecule has 1 saturated heterocycles. The Kier molecular flexibility index (Phi) is 4.63. The highest BCUT2D eigenvalue weighted by atomic mass is 16.5. The van der Waals surface area contributed by atoms with Crippen molar-refractivity contribution < 1.29 is 14.6 Å². The third kappa shape index (κ3) is 3.71. The number of ether oxygens (including phenoxy) is 1. The van der Waals surface area contributed by atoms with Crippen molar-refractivity contribution in [3.8, 4) is 5.75 Å². The Morgan fingerprint density at radius 1 is 1.26 bits per heavy atom. The van der Waals surface area contributed by atoms with Gasteiger partial charge in [0.2, 0.25) is 0 Å². The average molecular weight is 311 g/mol. The number of nitrogens with one attached hydrogen (secondary N) is 1. The van der Waals surface area contributed by atoms with Gasteiger partial charge in [-0.15, -0.1) is 0 Å². The van der Waals surface area contributed by atoms with E-state index in [0.717, 1.165) is 22.4 Å². The number of aliphatic carboxylic acids is 1.